The van der Waals surface area contributed by atoms with Crippen LogP contribution in [0, 0.1) is 0 Å². The summed E-state index contributed by atoms with van der Waals surface area (Å²) in [6.07, 6.45) is 4.61. The normalized spacial score (nSPS) is 17.4. The zero-order chi connectivity index (χ0) is 17.8. The van der Waals surface area contributed by atoms with Crippen LogP contribution in [0.4, 0.5) is 0 Å². The number of aromatic nitrogens is 4. The second-order valence-electron chi connectivity index (χ2n) is 5.90. The fourth-order valence-corrected chi connectivity index (χ4v) is 3.22. The van der Waals surface area contributed by atoms with Gasteiger partial charge in [-0.05, 0) is 32.3 Å². The van der Waals surface area contributed by atoms with Gasteiger partial charge in [0.1, 0.15) is 11.9 Å². The number of ether oxygens (including phenoxy) is 2. The Labute approximate surface area is 146 Å². The lowest BCUT2D eigenvalue weighted by Gasteiger charge is -2.35. The Balaban J connectivity index is 1.94. The molecule has 1 atom stereocenters. The molecule has 0 bridgehead atoms. The summed E-state index contributed by atoms with van der Waals surface area (Å²) in [5, 5.41) is 8.27. The van der Waals surface area contributed by atoms with Crippen LogP contribution in [0.1, 0.15) is 48.4 Å². The molecular weight excluding hydrogens is 322 g/mol. The summed E-state index contributed by atoms with van der Waals surface area (Å²) < 4.78 is 12.4. The Morgan fingerprint density at radius 2 is 2.12 bits per heavy atom. The highest BCUT2D eigenvalue weighted by Gasteiger charge is 2.33. The quantitative estimate of drug-likeness (QED) is 0.825. The monoisotopic (exact) mass is 345 g/mol. The van der Waals surface area contributed by atoms with Gasteiger partial charge in [-0.25, -0.2) is 0 Å². The van der Waals surface area contributed by atoms with Gasteiger partial charge in [-0.2, -0.15) is 4.98 Å². The summed E-state index contributed by atoms with van der Waals surface area (Å²) in [5.41, 5.74) is 0.428. The molecule has 134 valence electrons. The third-order valence-corrected chi connectivity index (χ3v) is 4.52. The van der Waals surface area contributed by atoms with Crippen LogP contribution < -0.4 is 9.47 Å². The van der Waals surface area contributed by atoms with Crippen LogP contribution in [0.25, 0.3) is 0 Å². The van der Waals surface area contributed by atoms with Crippen molar-refractivity contribution in [3.63, 3.8) is 0 Å². The molecule has 3 rings (SSSR count). The highest BCUT2D eigenvalue weighted by atomic mass is 16.5. The van der Waals surface area contributed by atoms with Crippen molar-refractivity contribution in [3.8, 4) is 11.8 Å². The summed E-state index contributed by atoms with van der Waals surface area (Å²) in [6, 6.07) is 3.28. The highest BCUT2D eigenvalue weighted by molar-refractivity contribution is 5.96. The maximum atomic E-state index is 13.2. The van der Waals surface area contributed by atoms with Crippen LogP contribution in [-0.2, 0) is 6.54 Å². The summed E-state index contributed by atoms with van der Waals surface area (Å²) in [5.74, 6) is 1.40. The molecule has 1 aliphatic heterocycles. The van der Waals surface area contributed by atoms with E-state index < -0.39 is 0 Å². The minimum Gasteiger partial charge on any atom is -0.481 e. The molecule has 8 nitrogen and oxygen atoms in total. The number of rotatable bonds is 5. The molecule has 1 amide bonds. The van der Waals surface area contributed by atoms with Crippen LogP contribution >= 0.6 is 0 Å². The van der Waals surface area contributed by atoms with Crippen molar-refractivity contribution in [1.29, 1.82) is 0 Å². The minimum atomic E-state index is -0.109. The average molecular weight is 345 g/mol. The standard InChI is InChI=1S/C17H23N5O3/c1-4-21-11-18-20-15(21)13-7-5-6-10-22(13)17(23)12-8-9-14(24-2)19-16(12)25-3/h8-9,11,13H,4-7,10H2,1-3H3. The number of piperidine rings is 1. The number of pyridine rings is 1. The van der Waals surface area contributed by atoms with E-state index in [1.54, 1.807) is 18.5 Å². The van der Waals surface area contributed by atoms with E-state index in [2.05, 4.69) is 15.2 Å². The average Bonchev–Trinajstić information content (AvgIpc) is 3.15. The molecular formula is C17H23N5O3. The van der Waals surface area contributed by atoms with E-state index >= 15 is 0 Å². The number of amides is 1. The van der Waals surface area contributed by atoms with Crippen molar-refractivity contribution in [2.75, 3.05) is 20.8 Å². The van der Waals surface area contributed by atoms with Crippen molar-refractivity contribution in [2.45, 2.75) is 38.8 Å². The van der Waals surface area contributed by atoms with Crippen LogP contribution in [0.3, 0.4) is 0 Å². The molecule has 2 aromatic heterocycles. The molecule has 2 aromatic rings. The van der Waals surface area contributed by atoms with Gasteiger partial charge in [0.2, 0.25) is 11.8 Å². The van der Waals surface area contributed by atoms with Crippen LogP contribution in [-0.4, -0.2) is 51.3 Å². The van der Waals surface area contributed by atoms with E-state index in [-0.39, 0.29) is 17.8 Å². The van der Waals surface area contributed by atoms with Gasteiger partial charge in [-0.1, -0.05) is 0 Å². The Morgan fingerprint density at radius 3 is 2.84 bits per heavy atom. The minimum absolute atomic E-state index is 0.0875. The van der Waals surface area contributed by atoms with E-state index in [1.807, 2.05) is 16.4 Å². The second-order valence-corrected chi connectivity index (χ2v) is 5.90. The first-order valence-corrected chi connectivity index (χ1v) is 8.47. The van der Waals surface area contributed by atoms with E-state index in [0.29, 0.717) is 18.0 Å². The number of hydrogen-bond donors (Lipinski definition) is 0. The fourth-order valence-electron chi connectivity index (χ4n) is 3.22. The molecule has 1 unspecified atom stereocenters. The van der Waals surface area contributed by atoms with Crippen LogP contribution in [0.2, 0.25) is 0 Å². The molecule has 0 N–H and O–H groups in total. The van der Waals surface area contributed by atoms with E-state index in [0.717, 1.165) is 31.6 Å². The number of likely N-dealkylation sites (tertiary alicyclic amines) is 1. The maximum absolute atomic E-state index is 13.2. The SMILES string of the molecule is CCn1cnnc1C1CCCCN1C(=O)c1ccc(OC)nc1OC. The van der Waals surface area contributed by atoms with Gasteiger partial charge >= 0.3 is 0 Å². The number of carbonyl (C=O) groups excluding carboxylic acids is 1. The van der Waals surface area contributed by atoms with Crippen molar-refractivity contribution >= 4 is 5.91 Å². The van der Waals surface area contributed by atoms with Crippen LogP contribution in [0.5, 0.6) is 11.8 Å². The predicted molar refractivity (Wildman–Crippen MR) is 90.7 cm³/mol. The molecule has 8 heteroatoms. The van der Waals surface area contributed by atoms with Gasteiger partial charge in [-0.15, -0.1) is 10.2 Å². The van der Waals surface area contributed by atoms with Crippen molar-refractivity contribution in [3.05, 3.63) is 29.8 Å². The molecule has 1 aliphatic rings. The van der Waals surface area contributed by atoms with Gasteiger partial charge in [0.25, 0.3) is 5.91 Å². The van der Waals surface area contributed by atoms with Crippen LogP contribution in [0.15, 0.2) is 18.5 Å². The van der Waals surface area contributed by atoms with Gasteiger partial charge < -0.3 is 18.9 Å². The van der Waals surface area contributed by atoms with Crippen molar-refractivity contribution in [2.24, 2.45) is 0 Å². The molecule has 1 fully saturated rings. The van der Waals surface area contributed by atoms with E-state index in [4.69, 9.17) is 9.47 Å². The zero-order valence-electron chi connectivity index (χ0n) is 14.8. The van der Waals surface area contributed by atoms with Gasteiger partial charge in [0, 0.05) is 19.2 Å². The van der Waals surface area contributed by atoms with E-state index in [1.165, 1.54) is 14.2 Å². The number of aryl methyl sites for hydroxylation is 1. The van der Waals surface area contributed by atoms with Gasteiger partial charge in [0.05, 0.1) is 20.3 Å². The molecule has 1 saturated heterocycles. The largest absolute Gasteiger partial charge is 0.481 e. The Morgan fingerprint density at radius 1 is 1.28 bits per heavy atom. The van der Waals surface area contributed by atoms with Crippen molar-refractivity contribution in [1.82, 2.24) is 24.6 Å². The topological polar surface area (TPSA) is 82.4 Å². The first-order valence-electron chi connectivity index (χ1n) is 8.47. The number of nitrogens with zero attached hydrogens (tertiary/aromatic N) is 5. The maximum Gasteiger partial charge on any atom is 0.259 e. The molecule has 0 aliphatic carbocycles. The van der Waals surface area contributed by atoms with E-state index in [9.17, 15) is 4.79 Å². The lowest BCUT2D eigenvalue weighted by molar-refractivity contribution is 0.0590. The number of carbonyl (C=O) groups is 1. The Kier molecular flexibility index (Phi) is 5.16. The summed E-state index contributed by atoms with van der Waals surface area (Å²) in [6.45, 7) is 3.49. The summed E-state index contributed by atoms with van der Waals surface area (Å²) in [7, 11) is 3.03. The fraction of sp³-hybridized carbons (Fsp3) is 0.529. The number of methoxy groups -OCH3 is 2. The first kappa shape index (κ1) is 17.2. The molecule has 3 heterocycles. The molecule has 0 spiro atoms. The highest BCUT2D eigenvalue weighted by Crippen LogP contribution is 2.32. The predicted octanol–water partition coefficient (Wildman–Crippen LogP) is 2.08. The summed E-state index contributed by atoms with van der Waals surface area (Å²) >= 11 is 0. The lowest BCUT2D eigenvalue weighted by Crippen LogP contribution is -2.40. The van der Waals surface area contributed by atoms with Gasteiger partial charge in [-0.3, -0.25) is 4.79 Å². The Bertz CT molecular complexity index is 746. The smallest absolute Gasteiger partial charge is 0.259 e. The first-order chi connectivity index (χ1) is 12.2. The third-order valence-electron chi connectivity index (χ3n) is 4.52. The molecule has 0 aromatic carbocycles. The third kappa shape index (κ3) is 3.29. The molecule has 0 radical (unpaired) electrons. The van der Waals surface area contributed by atoms with Crippen molar-refractivity contribution < 1.29 is 14.3 Å². The zero-order valence-corrected chi connectivity index (χ0v) is 14.8. The lowest BCUT2D eigenvalue weighted by atomic mass is 10.00. The second kappa shape index (κ2) is 7.50. The Hall–Kier alpha value is -2.64. The van der Waals surface area contributed by atoms with Gasteiger partial charge in [0.15, 0.2) is 5.82 Å². The molecule has 25 heavy (non-hydrogen) atoms. The summed E-state index contributed by atoms with van der Waals surface area (Å²) in [4.78, 5) is 19.3. The molecule has 0 saturated carbocycles. The number of hydrogen-bond acceptors (Lipinski definition) is 6.